The minimum atomic E-state index is -0.705. The average molecular weight is 198 g/mol. The summed E-state index contributed by atoms with van der Waals surface area (Å²) in [4.78, 5) is 11.7. The summed E-state index contributed by atoms with van der Waals surface area (Å²) in [5.74, 6) is -0.0141. The maximum absolute atomic E-state index is 11.7. The zero-order chi connectivity index (χ0) is 10.8. The van der Waals surface area contributed by atoms with Crippen LogP contribution in [-0.4, -0.2) is 18.0 Å². The molecule has 1 rings (SSSR count). The van der Waals surface area contributed by atoms with Crippen molar-refractivity contribution >= 4 is 5.91 Å². The second-order valence-electron chi connectivity index (χ2n) is 4.81. The highest BCUT2D eigenvalue weighted by molar-refractivity contribution is 5.85. The summed E-state index contributed by atoms with van der Waals surface area (Å²) in [6.07, 6.45) is 4.33. The van der Waals surface area contributed by atoms with Crippen LogP contribution in [0.1, 0.15) is 46.5 Å². The third-order valence-corrected chi connectivity index (χ3v) is 3.58. The maximum Gasteiger partial charge on any atom is 0.239 e. The molecule has 3 nitrogen and oxygen atoms in total. The molecule has 14 heavy (non-hydrogen) atoms. The maximum atomic E-state index is 11.7. The van der Waals surface area contributed by atoms with Gasteiger partial charge in [-0.3, -0.25) is 4.79 Å². The van der Waals surface area contributed by atoms with Gasteiger partial charge in [0, 0.05) is 6.54 Å². The predicted octanol–water partition coefficient (Wildman–Crippen LogP) is 1.42. The highest BCUT2D eigenvalue weighted by Gasteiger charge is 2.41. The first-order valence-corrected chi connectivity index (χ1v) is 5.53. The van der Waals surface area contributed by atoms with E-state index in [0.29, 0.717) is 11.8 Å². The molecule has 1 unspecified atom stereocenters. The van der Waals surface area contributed by atoms with Crippen molar-refractivity contribution in [3.8, 4) is 0 Å². The van der Waals surface area contributed by atoms with Gasteiger partial charge in [0.15, 0.2) is 0 Å². The lowest BCUT2D eigenvalue weighted by Crippen LogP contribution is -2.52. The SMILES string of the molecule is CCC1(CNC(=O)C(C)(N)CC)CC1. The number of hydrogen-bond acceptors (Lipinski definition) is 2. The fraction of sp³-hybridized carbons (Fsp3) is 0.909. The normalized spacial score (nSPS) is 22.6. The van der Waals surface area contributed by atoms with Crippen LogP contribution in [-0.2, 0) is 4.79 Å². The summed E-state index contributed by atoms with van der Waals surface area (Å²) in [5.41, 5.74) is 5.54. The van der Waals surface area contributed by atoms with Crippen LogP contribution in [0.15, 0.2) is 0 Å². The molecule has 1 fully saturated rings. The molecule has 1 atom stereocenters. The zero-order valence-electron chi connectivity index (χ0n) is 9.52. The molecule has 82 valence electrons. The summed E-state index contributed by atoms with van der Waals surface area (Å²) in [5, 5.41) is 2.96. The minimum Gasteiger partial charge on any atom is -0.354 e. The molecule has 1 aliphatic rings. The Bertz CT molecular complexity index is 219. The number of carbonyl (C=O) groups is 1. The van der Waals surface area contributed by atoms with Crippen molar-refractivity contribution in [1.29, 1.82) is 0 Å². The van der Waals surface area contributed by atoms with Crippen molar-refractivity contribution in [2.75, 3.05) is 6.54 Å². The first-order valence-electron chi connectivity index (χ1n) is 5.53. The van der Waals surface area contributed by atoms with Crippen LogP contribution >= 0.6 is 0 Å². The Hall–Kier alpha value is -0.570. The quantitative estimate of drug-likeness (QED) is 0.702. The molecule has 0 aliphatic heterocycles. The molecule has 1 aliphatic carbocycles. The lowest BCUT2D eigenvalue weighted by Gasteiger charge is -2.23. The molecule has 3 heteroatoms. The topological polar surface area (TPSA) is 55.1 Å². The Kier molecular flexibility index (Phi) is 3.20. The number of carbonyl (C=O) groups excluding carboxylic acids is 1. The highest BCUT2D eigenvalue weighted by atomic mass is 16.2. The Labute approximate surface area is 86.4 Å². The molecule has 1 saturated carbocycles. The van der Waals surface area contributed by atoms with E-state index in [9.17, 15) is 4.79 Å². The molecular weight excluding hydrogens is 176 g/mol. The molecule has 0 saturated heterocycles. The summed E-state index contributed by atoms with van der Waals surface area (Å²) in [7, 11) is 0. The molecule has 0 aromatic rings. The van der Waals surface area contributed by atoms with E-state index in [-0.39, 0.29) is 5.91 Å². The second kappa shape index (κ2) is 3.89. The molecular formula is C11H22N2O. The third kappa shape index (κ3) is 2.47. The largest absolute Gasteiger partial charge is 0.354 e. The molecule has 0 bridgehead atoms. The zero-order valence-corrected chi connectivity index (χ0v) is 9.52. The van der Waals surface area contributed by atoms with Crippen molar-refractivity contribution in [3.05, 3.63) is 0 Å². The number of nitrogens with two attached hydrogens (primary N) is 1. The van der Waals surface area contributed by atoms with Gasteiger partial charge in [0.25, 0.3) is 0 Å². The number of amides is 1. The Morgan fingerprint density at radius 3 is 2.43 bits per heavy atom. The van der Waals surface area contributed by atoms with Gasteiger partial charge in [-0.1, -0.05) is 13.8 Å². The molecule has 0 heterocycles. The molecule has 0 aromatic carbocycles. The molecule has 0 spiro atoms. The highest BCUT2D eigenvalue weighted by Crippen LogP contribution is 2.47. The van der Waals surface area contributed by atoms with Crippen molar-refractivity contribution in [1.82, 2.24) is 5.32 Å². The van der Waals surface area contributed by atoms with Crippen LogP contribution in [0, 0.1) is 5.41 Å². The van der Waals surface area contributed by atoms with Crippen LogP contribution < -0.4 is 11.1 Å². The first kappa shape index (κ1) is 11.5. The van der Waals surface area contributed by atoms with Gasteiger partial charge in [0.1, 0.15) is 0 Å². The van der Waals surface area contributed by atoms with Crippen LogP contribution in [0.4, 0.5) is 0 Å². The number of rotatable bonds is 5. The lowest BCUT2D eigenvalue weighted by atomic mass is 9.98. The molecule has 0 aromatic heterocycles. The van der Waals surface area contributed by atoms with E-state index in [4.69, 9.17) is 5.73 Å². The van der Waals surface area contributed by atoms with Crippen LogP contribution in [0.25, 0.3) is 0 Å². The summed E-state index contributed by atoms with van der Waals surface area (Å²) in [6, 6.07) is 0. The van der Waals surface area contributed by atoms with E-state index in [1.54, 1.807) is 6.92 Å². The van der Waals surface area contributed by atoms with E-state index in [2.05, 4.69) is 12.2 Å². The van der Waals surface area contributed by atoms with Crippen molar-refractivity contribution < 1.29 is 4.79 Å². The molecule has 1 amide bonds. The van der Waals surface area contributed by atoms with Crippen LogP contribution in [0.3, 0.4) is 0 Å². The predicted molar refractivity (Wildman–Crippen MR) is 57.9 cm³/mol. The van der Waals surface area contributed by atoms with Gasteiger partial charge >= 0.3 is 0 Å². The average Bonchev–Trinajstić information content (AvgIpc) is 2.95. The van der Waals surface area contributed by atoms with E-state index in [1.807, 2.05) is 6.92 Å². The second-order valence-corrected chi connectivity index (χ2v) is 4.81. The van der Waals surface area contributed by atoms with Gasteiger partial charge in [0.05, 0.1) is 5.54 Å². The van der Waals surface area contributed by atoms with Gasteiger partial charge in [-0.15, -0.1) is 0 Å². The first-order chi connectivity index (χ1) is 6.46. The van der Waals surface area contributed by atoms with Gasteiger partial charge in [-0.25, -0.2) is 0 Å². The lowest BCUT2D eigenvalue weighted by molar-refractivity contribution is -0.126. The smallest absolute Gasteiger partial charge is 0.239 e. The van der Waals surface area contributed by atoms with E-state index >= 15 is 0 Å². The van der Waals surface area contributed by atoms with E-state index in [1.165, 1.54) is 12.8 Å². The summed E-state index contributed by atoms with van der Waals surface area (Å²) in [6.45, 7) is 6.70. The Balaban J connectivity index is 2.35. The van der Waals surface area contributed by atoms with Crippen LogP contribution in [0.5, 0.6) is 0 Å². The third-order valence-electron chi connectivity index (χ3n) is 3.58. The molecule has 3 N–H and O–H groups in total. The standard InChI is InChI=1S/C11H22N2O/c1-4-10(3,12)9(14)13-8-11(5-2)6-7-11/h4-8,12H2,1-3H3,(H,13,14). The molecule has 0 radical (unpaired) electrons. The van der Waals surface area contributed by atoms with Gasteiger partial charge in [-0.2, -0.15) is 0 Å². The van der Waals surface area contributed by atoms with Gasteiger partial charge in [-0.05, 0) is 38.0 Å². The van der Waals surface area contributed by atoms with Gasteiger partial charge < -0.3 is 11.1 Å². The minimum absolute atomic E-state index is 0.0141. The fourth-order valence-electron chi connectivity index (χ4n) is 1.46. The Morgan fingerprint density at radius 2 is 2.07 bits per heavy atom. The van der Waals surface area contributed by atoms with Crippen molar-refractivity contribution in [2.45, 2.75) is 52.0 Å². The number of hydrogen-bond donors (Lipinski definition) is 2. The fourth-order valence-corrected chi connectivity index (χ4v) is 1.46. The summed E-state index contributed by atoms with van der Waals surface area (Å²) < 4.78 is 0. The van der Waals surface area contributed by atoms with Crippen molar-refractivity contribution in [3.63, 3.8) is 0 Å². The number of nitrogens with one attached hydrogen (secondary N) is 1. The van der Waals surface area contributed by atoms with Gasteiger partial charge in [0.2, 0.25) is 5.91 Å². The van der Waals surface area contributed by atoms with E-state index in [0.717, 1.165) is 13.0 Å². The van der Waals surface area contributed by atoms with E-state index < -0.39 is 5.54 Å². The van der Waals surface area contributed by atoms with Crippen LogP contribution in [0.2, 0.25) is 0 Å². The summed E-state index contributed by atoms with van der Waals surface area (Å²) >= 11 is 0. The monoisotopic (exact) mass is 198 g/mol. The van der Waals surface area contributed by atoms with Crippen molar-refractivity contribution in [2.24, 2.45) is 11.1 Å². The Morgan fingerprint density at radius 1 is 1.50 bits per heavy atom.